The largest absolute Gasteiger partial charge is 0.367 e. The van der Waals surface area contributed by atoms with Crippen molar-refractivity contribution in [1.82, 2.24) is 0 Å². The maximum absolute atomic E-state index is 11.7. The number of carbonyl (C=O) groups excluding carboxylic acids is 2. The second-order valence-electron chi connectivity index (χ2n) is 3.25. The highest BCUT2D eigenvalue weighted by molar-refractivity contribution is 6.30. The van der Waals surface area contributed by atoms with Crippen molar-refractivity contribution < 1.29 is 14.3 Å². The molecule has 0 spiro atoms. The molecule has 4 nitrogen and oxygen atoms in total. The maximum Gasteiger partial charge on any atom is 0.249 e. The number of nitrogens with two attached hydrogens (primary N) is 1. The van der Waals surface area contributed by atoms with E-state index in [0.717, 1.165) is 0 Å². The van der Waals surface area contributed by atoms with Crippen molar-refractivity contribution in [3.8, 4) is 0 Å². The third-order valence-electron chi connectivity index (χ3n) is 2.16. The normalized spacial score (nSPS) is 23.5. The Morgan fingerprint density at radius 3 is 2.27 bits per heavy atom. The van der Waals surface area contributed by atoms with Crippen LogP contribution in [0.4, 0.5) is 0 Å². The Labute approximate surface area is 91.0 Å². The van der Waals surface area contributed by atoms with Crippen molar-refractivity contribution in [2.24, 2.45) is 5.73 Å². The first-order chi connectivity index (χ1) is 7.09. The molecular formula is C10H8ClNO3. The van der Waals surface area contributed by atoms with Gasteiger partial charge in [-0.2, -0.15) is 0 Å². The van der Waals surface area contributed by atoms with E-state index in [-0.39, 0.29) is 5.78 Å². The minimum Gasteiger partial charge on any atom is -0.367 e. The number of carbonyl (C=O) groups is 2. The maximum atomic E-state index is 11.7. The van der Waals surface area contributed by atoms with Crippen LogP contribution in [-0.2, 0) is 9.53 Å². The standard InChI is InChI=1S/C10H8ClNO3/c11-6-3-1-5(2-4-6)7(13)8-9(15-8)10(12)14/h1-4,8-9H,(H2,12,14)/t8-,9+/m1/s1. The number of hydrogen-bond donors (Lipinski definition) is 1. The lowest BCUT2D eigenvalue weighted by molar-refractivity contribution is -0.119. The number of amides is 1. The third-order valence-corrected chi connectivity index (χ3v) is 2.41. The average Bonchev–Trinajstić information content (AvgIpc) is 2.97. The van der Waals surface area contributed by atoms with Crippen LogP contribution in [0.15, 0.2) is 24.3 Å². The van der Waals surface area contributed by atoms with Gasteiger partial charge in [0.25, 0.3) is 0 Å². The quantitative estimate of drug-likeness (QED) is 0.610. The summed E-state index contributed by atoms with van der Waals surface area (Å²) in [5.41, 5.74) is 5.46. The van der Waals surface area contributed by atoms with Crippen LogP contribution in [0, 0.1) is 0 Å². The summed E-state index contributed by atoms with van der Waals surface area (Å²) in [7, 11) is 0. The average molecular weight is 226 g/mol. The van der Waals surface area contributed by atoms with Gasteiger partial charge < -0.3 is 10.5 Å². The number of rotatable bonds is 3. The molecule has 0 aromatic heterocycles. The summed E-state index contributed by atoms with van der Waals surface area (Å²) in [6, 6.07) is 6.39. The molecule has 0 bridgehead atoms. The molecule has 0 aliphatic carbocycles. The van der Waals surface area contributed by atoms with Crippen LogP contribution in [0.3, 0.4) is 0 Å². The molecule has 5 heteroatoms. The lowest BCUT2D eigenvalue weighted by Crippen LogP contribution is -2.23. The summed E-state index contributed by atoms with van der Waals surface area (Å²) in [6.45, 7) is 0. The Bertz CT molecular complexity index is 415. The van der Waals surface area contributed by atoms with Gasteiger partial charge in [-0.25, -0.2) is 0 Å². The molecule has 2 N–H and O–H groups in total. The van der Waals surface area contributed by atoms with Gasteiger partial charge in [0.15, 0.2) is 18.0 Å². The van der Waals surface area contributed by atoms with E-state index in [0.29, 0.717) is 10.6 Å². The predicted octanol–water partition coefficient (Wildman–Crippen LogP) is 0.775. The Morgan fingerprint density at radius 1 is 1.20 bits per heavy atom. The van der Waals surface area contributed by atoms with Gasteiger partial charge >= 0.3 is 0 Å². The third kappa shape index (κ3) is 2.00. The van der Waals surface area contributed by atoms with Gasteiger partial charge in [0.2, 0.25) is 5.91 Å². The second kappa shape index (κ2) is 3.64. The number of epoxide rings is 1. The number of primary amides is 1. The number of ether oxygens (including phenoxy) is 1. The molecule has 2 atom stereocenters. The van der Waals surface area contributed by atoms with Crippen LogP contribution in [0.5, 0.6) is 0 Å². The molecule has 1 aromatic carbocycles. The highest BCUT2D eigenvalue weighted by atomic mass is 35.5. The lowest BCUT2D eigenvalue weighted by Gasteiger charge is -1.96. The summed E-state index contributed by atoms with van der Waals surface area (Å²) in [5, 5.41) is 0.551. The van der Waals surface area contributed by atoms with E-state index in [1.807, 2.05) is 0 Å². The minimum atomic E-state index is -0.770. The van der Waals surface area contributed by atoms with E-state index < -0.39 is 18.1 Å². The van der Waals surface area contributed by atoms with Gasteiger partial charge in [0.05, 0.1) is 0 Å². The van der Waals surface area contributed by atoms with Gasteiger partial charge in [-0.15, -0.1) is 0 Å². The van der Waals surface area contributed by atoms with Crippen molar-refractivity contribution in [1.29, 1.82) is 0 Å². The Hall–Kier alpha value is -1.39. The predicted molar refractivity (Wildman–Crippen MR) is 53.6 cm³/mol. The second-order valence-corrected chi connectivity index (χ2v) is 3.69. The van der Waals surface area contributed by atoms with E-state index in [1.165, 1.54) is 0 Å². The smallest absolute Gasteiger partial charge is 0.249 e. The first kappa shape index (κ1) is 10.1. The summed E-state index contributed by atoms with van der Waals surface area (Å²) >= 11 is 5.67. The first-order valence-corrected chi connectivity index (χ1v) is 4.72. The fourth-order valence-corrected chi connectivity index (χ4v) is 1.43. The Morgan fingerprint density at radius 2 is 1.80 bits per heavy atom. The lowest BCUT2D eigenvalue weighted by atomic mass is 10.1. The van der Waals surface area contributed by atoms with Crippen molar-refractivity contribution >= 4 is 23.3 Å². The van der Waals surface area contributed by atoms with Crippen molar-refractivity contribution in [2.75, 3.05) is 0 Å². The van der Waals surface area contributed by atoms with Crippen molar-refractivity contribution in [2.45, 2.75) is 12.2 Å². The summed E-state index contributed by atoms with van der Waals surface area (Å²) in [5.74, 6) is -0.849. The number of halogens is 1. The fraction of sp³-hybridized carbons (Fsp3) is 0.200. The minimum absolute atomic E-state index is 0.240. The van der Waals surface area contributed by atoms with E-state index in [4.69, 9.17) is 22.1 Å². The molecule has 0 unspecified atom stereocenters. The Kier molecular flexibility index (Phi) is 2.46. The number of hydrogen-bond acceptors (Lipinski definition) is 3. The van der Waals surface area contributed by atoms with Crippen LogP contribution in [-0.4, -0.2) is 23.9 Å². The van der Waals surface area contributed by atoms with Gasteiger partial charge in [0, 0.05) is 10.6 Å². The molecule has 78 valence electrons. The van der Waals surface area contributed by atoms with E-state index in [9.17, 15) is 9.59 Å². The highest BCUT2D eigenvalue weighted by Crippen LogP contribution is 2.26. The molecule has 2 rings (SSSR count). The van der Waals surface area contributed by atoms with Crippen molar-refractivity contribution in [3.05, 3.63) is 34.9 Å². The topological polar surface area (TPSA) is 72.7 Å². The zero-order chi connectivity index (χ0) is 11.0. The molecular weight excluding hydrogens is 218 g/mol. The first-order valence-electron chi connectivity index (χ1n) is 4.34. The monoisotopic (exact) mass is 225 g/mol. The van der Waals surface area contributed by atoms with Gasteiger partial charge in [-0.05, 0) is 24.3 Å². The molecule has 1 heterocycles. The molecule has 15 heavy (non-hydrogen) atoms. The summed E-state index contributed by atoms with van der Waals surface area (Å²) in [6.07, 6.45) is -1.49. The van der Waals surface area contributed by atoms with Crippen molar-refractivity contribution in [3.63, 3.8) is 0 Å². The van der Waals surface area contributed by atoms with Crippen LogP contribution < -0.4 is 5.73 Å². The van der Waals surface area contributed by atoms with E-state index >= 15 is 0 Å². The van der Waals surface area contributed by atoms with Crippen LogP contribution in [0.2, 0.25) is 5.02 Å². The SMILES string of the molecule is NC(=O)[C@H]1O[C@@H]1C(=O)c1ccc(Cl)cc1. The van der Waals surface area contributed by atoms with Crippen LogP contribution >= 0.6 is 11.6 Å². The fourth-order valence-electron chi connectivity index (χ4n) is 1.31. The molecule has 1 aliphatic rings. The molecule has 1 amide bonds. The van der Waals surface area contributed by atoms with Crippen LogP contribution in [0.25, 0.3) is 0 Å². The molecule has 1 aliphatic heterocycles. The number of benzene rings is 1. The van der Waals surface area contributed by atoms with Gasteiger partial charge in [-0.3, -0.25) is 9.59 Å². The molecule has 0 radical (unpaired) electrons. The molecule has 1 fully saturated rings. The van der Waals surface area contributed by atoms with E-state index in [2.05, 4.69) is 0 Å². The highest BCUT2D eigenvalue weighted by Gasteiger charge is 2.49. The van der Waals surface area contributed by atoms with Crippen LogP contribution in [0.1, 0.15) is 10.4 Å². The zero-order valence-corrected chi connectivity index (χ0v) is 8.40. The number of Topliss-reactive ketones (excluding diaryl/α,β-unsaturated/α-hetero) is 1. The molecule has 1 saturated heterocycles. The summed E-state index contributed by atoms with van der Waals surface area (Å²) in [4.78, 5) is 22.3. The molecule has 0 saturated carbocycles. The van der Waals surface area contributed by atoms with Gasteiger partial charge in [0.1, 0.15) is 0 Å². The zero-order valence-electron chi connectivity index (χ0n) is 7.64. The molecule has 1 aromatic rings. The number of ketones is 1. The Balaban J connectivity index is 2.10. The summed E-state index contributed by atoms with van der Waals surface area (Å²) < 4.78 is 4.87. The van der Waals surface area contributed by atoms with Gasteiger partial charge in [-0.1, -0.05) is 11.6 Å². The van der Waals surface area contributed by atoms with E-state index in [1.54, 1.807) is 24.3 Å².